The zero-order chi connectivity index (χ0) is 22.4. The molecule has 8 heteroatoms. The molecular weight excluding hydrogens is 396 g/mol. The highest BCUT2D eigenvalue weighted by Gasteiger charge is 2.20. The van der Waals surface area contributed by atoms with Crippen LogP contribution in [-0.4, -0.2) is 46.0 Å². The van der Waals surface area contributed by atoms with Gasteiger partial charge in [0.2, 0.25) is 0 Å². The van der Waals surface area contributed by atoms with Crippen molar-refractivity contribution in [2.45, 2.75) is 46.2 Å². The smallest absolute Gasteiger partial charge is 0.269 e. The van der Waals surface area contributed by atoms with E-state index in [0.717, 1.165) is 43.6 Å². The second-order valence-electron chi connectivity index (χ2n) is 7.76. The molecule has 0 bridgehead atoms. The van der Waals surface area contributed by atoms with E-state index >= 15 is 0 Å². The molecule has 0 spiro atoms. The number of nitrogens with zero attached hydrogens (tertiary/aromatic N) is 3. The summed E-state index contributed by atoms with van der Waals surface area (Å²) in [5.74, 6) is -0.174. The van der Waals surface area contributed by atoms with Crippen molar-refractivity contribution >= 4 is 22.7 Å². The Balaban J connectivity index is 1.73. The van der Waals surface area contributed by atoms with E-state index < -0.39 is 4.92 Å². The average Bonchev–Trinajstić information content (AvgIpc) is 3.34. The first-order chi connectivity index (χ1) is 14.9. The maximum Gasteiger partial charge on any atom is 0.269 e. The van der Waals surface area contributed by atoms with E-state index in [4.69, 9.17) is 4.42 Å². The van der Waals surface area contributed by atoms with Crippen LogP contribution in [0.4, 0.5) is 5.69 Å². The van der Waals surface area contributed by atoms with Crippen LogP contribution in [0.5, 0.6) is 0 Å². The van der Waals surface area contributed by atoms with Crippen LogP contribution in [0.1, 0.15) is 49.7 Å². The lowest BCUT2D eigenvalue weighted by Crippen LogP contribution is -2.34. The summed E-state index contributed by atoms with van der Waals surface area (Å²) < 4.78 is 7.34. The molecule has 0 saturated carbocycles. The molecule has 3 aromatic rings. The number of nitro benzene ring substituents is 1. The minimum absolute atomic E-state index is 0.0286. The number of fused-ring (bicyclic) bond motifs is 1. The summed E-state index contributed by atoms with van der Waals surface area (Å²) in [6.07, 6.45) is 3.48. The number of rotatable bonds is 11. The van der Waals surface area contributed by atoms with E-state index in [2.05, 4.69) is 24.1 Å². The molecule has 2 heterocycles. The van der Waals surface area contributed by atoms with Gasteiger partial charge in [-0.3, -0.25) is 14.9 Å². The number of amides is 1. The second kappa shape index (κ2) is 10.3. The molecule has 1 unspecified atom stereocenters. The van der Waals surface area contributed by atoms with Gasteiger partial charge in [-0.25, -0.2) is 0 Å². The predicted molar refractivity (Wildman–Crippen MR) is 120 cm³/mol. The van der Waals surface area contributed by atoms with Gasteiger partial charge in [0, 0.05) is 36.9 Å². The highest BCUT2D eigenvalue weighted by Crippen LogP contribution is 2.24. The van der Waals surface area contributed by atoms with Crippen LogP contribution in [-0.2, 0) is 6.54 Å². The Bertz CT molecular complexity index is 1040. The first-order valence-electron chi connectivity index (χ1n) is 10.8. The van der Waals surface area contributed by atoms with Gasteiger partial charge in [0.05, 0.1) is 16.7 Å². The molecule has 0 aliphatic heterocycles. The Morgan fingerprint density at radius 2 is 2.03 bits per heavy atom. The normalized spacial score (nSPS) is 12.4. The number of hydrogen-bond acceptors (Lipinski definition) is 5. The fourth-order valence-corrected chi connectivity index (χ4v) is 3.82. The van der Waals surface area contributed by atoms with Gasteiger partial charge >= 0.3 is 0 Å². The Morgan fingerprint density at radius 1 is 1.26 bits per heavy atom. The third kappa shape index (κ3) is 5.52. The third-order valence-corrected chi connectivity index (χ3v) is 5.60. The van der Waals surface area contributed by atoms with Crippen molar-refractivity contribution in [2.24, 2.45) is 0 Å². The number of nitro groups is 1. The number of nitrogens with one attached hydrogen (secondary N) is 1. The van der Waals surface area contributed by atoms with E-state index in [1.165, 1.54) is 12.1 Å². The third-order valence-electron chi connectivity index (χ3n) is 5.60. The standard InChI is InChI=1S/C23H30N4O4/c1-4-25(5-2)12-7-8-17(3)24-23(28)21-15-22-20(11-13-31-22)26(21)16-18-9-6-10-19(14-18)27(29)30/h6,9-11,13-15,17H,4-5,7-8,12,16H2,1-3H3,(H,24,28). The molecule has 1 amide bonds. The van der Waals surface area contributed by atoms with Gasteiger partial charge < -0.3 is 19.2 Å². The number of carbonyl (C=O) groups excluding carboxylic acids is 1. The Morgan fingerprint density at radius 3 is 2.74 bits per heavy atom. The number of non-ortho nitro benzene ring substituents is 1. The summed E-state index contributed by atoms with van der Waals surface area (Å²) in [6.45, 7) is 9.73. The Labute approximate surface area is 182 Å². The summed E-state index contributed by atoms with van der Waals surface area (Å²) >= 11 is 0. The Hall–Kier alpha value is -3.13. The minimum Gasteiger partial charge on any atom is -0.463 e. The van der Waals surface area contributed by atoms with Gasteiger partial charge in [-0.15, -0.1) is 0 Å². The lowest BCUT2D eigenvalue weighted by Gasteiger charge is -2.20. The topological polar surface area (TPSA) is 93.6 Å². The first kappa shape index (κ1) is 22.6. The van der Waals surface area contributed by atoms with Crippen LogP contribution >= 0.6 is 0 Å². The van der Waals surface area contributed by atoms with Gasteiger partial charge in [-0.2, -0.15) is 0 Å². The van der Waals surface area contributed by atoms with Gasteiger partial charge in [-0.05, 0) is 45.0 Å². The van der Waals surface area contributed by atoms with Gasteiger partial charge in [0.25, 0.3) is 11.6 Å². The van der Waals surface area contributed by atoms with E-state index in [9.17, 15) is 14.9 Å². The molecular formula is C23H30N4O4. The van der Waals surface area contributed by atoms with E-state index in [0.29, 0.717) is 17.8 Å². The van der Waals surface area contributed by atoms with Crippen LogP contribution in [0.3, 0.4) is 0 Å². The molecule has 1 atom stereocenters. The van der Waals surface area contributed by atoms with Crippen molar-refractivity contribution in [1.29, 1.82) is 0 Å². The number of hydrogen-bond donors (Lipinski definition) is 1. The molecule has 0 aliphatic rings. The van der Waals surface area contributed by atoms with Gasteiger partial charge in [0.1, 0.15) is 5.69 Å². The summed E-state index contributed by atoms with van der Waals surface area (Å²) in [5.41, 5.74) is 2.65. The quantitative estimate of drug-likeness (QED) is 0.362. The van der Waals surface area contributed by atoms with Crippen LogP contribution in [0.2, 0.25) is 0 Å². The summed E-state index contributed by atoms with van der Waals surface area (Å²) in [4.78, 5) is 26.1. The van der Waals surface area contributed by atoms with Crippen LogP contribution < -0.4 is 5.32 Å². The van der Waals surface area contributed by atoms with Gasteiger partial charge in [0.15, 0.2) is 5.58 Å². The largest absolute Gasteiger partial charge is 0.463 e. The molecule has 8 nitrogen and oxygen atoms in total. The van der Waals surface area contributed by atoms with Crippen molar-refractivity contribution in [2.75, 3.05) is 19.6 Å². The molecule has 31 heavy (non-hydrogen) atoms. The van der Waals surface area contributed by atoms with Crippen LogP contribution in [0.25, 0.3) is 11.1 Å². The molecule has 1 aromatic carbocycles. The molecule has 3 rings (SSSR count). The van der Waals surface area contributed by atoms with Crippen molar-refractivity contribution in [1.82, 2.24) is 14.8 Å². The Kier molecular flexibility index (Phi) is 7.46. The average molecular weight is 427 g/mol. The summed E-state index contributed by atoms with van der Waals surface area (Å²) in [6, 6.07) is 10.0. The molecule has 2 aromatic heterocycles. The number of carbonyl (C=O) groups is 1. The van der Waals surface area contributed by atoms with Crippen molar-refractivity contribution in [3.63, 3.8) is 0 Å². The SMILES string of the molecule is CCN(CC)CCCC(C)NC(=O)c1cc2occc2n1Cc1cccc([N+](=O)[O-])c1. The van der Waals surface area contributed by atoms with Crippen molar-refractivity contribution in [3.8, 4) is 0 Å². The van der Waals surface area contributed by atoms with Crippen LogP contribution in [0.15, 0.2) is 47.1 Å². The zero-order valence-electron chi connectivity index (χ0n) is 18.3. The van der Waals surface area contributed by atoms with E-state index in [1.807, 2.05) is 17.6 Å². The summed E-state index contributed by atoms with van der Waals surface area (Å²) in [7, 11) is 0. The van der Waals surface area contributed by atoms with Crippen molar-refractivity contribution < 1.29 is 14.1 Å². The molecule has 0 aliphatic carbocycles. The lowest BCUT2D eigenvalue weighted by molar-refractivity contribution is -0.384. The van der Waals surface area contributed by atoms with E-state index in [1.54, 1.807) is 24.5 Å². The molecule has 1 N–H and O–H groups in total. The molecule has 166 valence electrons. The highest BCUT2D eigenvalue weighted by atomic mass is 16.6. The molecule has 0 saturated heterocycles. The lowest BCUT2D eigenvalue weighted by atomic mass is 10.1. The van der Waals surface area contributed by atoms with Crippen LogP contribution in [0, 0.1) is 10.1 Å². The number of aromatic nitrogens is 1. The van der Waals surface area contributed by atoms with Gasteiger partial charge in [-0.1, -0.05) is 26.0 Å². The zero-order valence-corrected chi connectivity index (χ0v) is 18.3. The van der Waals surface area contributed by atoms with E-state index in [-0.39, 0.29) is 17.6 Å². The van der Waals surface area contributed by atoms with Crippen molar-refractivity contribution in [3.05, 3.63) is 64.0 Å². The maximum absolute atomic E-state index is 13.0. The molecule has 0 fully saturated rings. The number of furan rings is 1. The first-order valence-corrected chi connectivity index (χ1v) is 10.8. The summed E-state index contributed by atoms with van der Waals surface area (Å²) in [5, 5.41) is 14.2. The monoisotopic (exact) mass is 426 g/mol. The predicted octanol–water partition coefficient (Wildman–Crippen LogP) is 4.43. The molecule has 0 radical (unpaired) electrons. The minimum atomic E-state index is -0.417. The maximum atomic E-state index is 13.0. The fraction of sp³-hybridized carbons (Fsp3) is 0.435. The number of benzene rings is 1. The second-order valence-corrected chi connectivity index (χ2v) is 7.76. The fourth-order valence-electron chi connectivity index (χ4n) is 3.82. The highest BCUT2D eigenvalue weighted by molar-refractivity contribution is 5.97.